The number of esters is 1. The molecule has 0 fully saturated rings. The van der Waals surface area contributed by atoms with Crippen LogP contribution in [0.15, 0.2) is 54.6 Å². The van der Waals surface area contributed by atoms with E-state index in [2.05, 4.69) is 5.32 Å². The van der Waals surface area contributed by atoms with Crippen LogP contribution in [0.2, 0.25) is 0 Å². The third-order valence-electron chi connectivity index (χ3n) is 3.59. The smallest absolute Gasteiger partial charge is 0.328 e. The summed E-state index contributed by atoms with van der Waals surface area (Å²) >= 11 is 0. The molecule has 1 atom stereocenters. The molecule has 0 bridgehead atoms. The van der Waals surface area contributed by atoms with Gasteiger partial charge in [0.2, 0.25) is 5.91 Å². The summed E-state index contributed by atoms with van der Waals surface area (Å²) < 4.78 is 4.74. The topological polar surface area (TPSA) is 98.5 Å². The molecule has 2 rings (SSSR count). The molecule has 0 aromatic heterocycles. The molecular weight excluding hydrogens is 324 g/mol. The van der Waals surface area contributed by atoms with Gasteiger partial charge in [-0.05, 0) is 11.1 Å². The quantitative estimate of drug-likeness (QED) is 0.472. The minimum Gasteiger partial charge on any atom is -0.467 e. The largest absolute Gasteiger partial charge is 0.467 e. The summed E-state index contributed by atoms with van der Waals surface area (Å²) in [4.78, 5) is 34.4. The Morgan fingerprint density at radius 1 is 1.12 bits per heavy atom. The third kappa shape index (κ3) is 5.42. The molecule has 1 amide bonds. The lowest BCUT2D eigenvalue weighted by atomic mass is 10.1. The normalized spacial score (nSPS) is 11.4. The maximum absolute atomic E-state index is 12.2. The van der Waals surface area contributed by atoms with E-state index < -0.39 is 22.8 Å². The minimum absolute atomic E-state index is 0.0655. The van der Waals surface area contributed by atoms with Crippen molar-refractivity contribution in [2.24, 2.45) is 0 Å². The molecule has 0 unspecified atom stereocenters. The van der Waals surface area contributed by atoms with E-state index in [1.807, 2.05) is 30.3 Å². The van der Waals surface area contributed by atoms with Crippen LogP contribution in [0.3, 0.4) is 0 Å². The Hall–Kier alpha value is -3.22. The van der Waals surface area contributed by atoms with Gasteiger partial charge in [-0.15, -0.1) is 0 Å². The second-order valence-electron chi connectivity index (χ2n) is 5.44. The number of carbonyl (C=O) groups excluding carboxylic acids is 2. The Morgan fingerprint density at radius 2 is 1.80 bits per heavy atom. The van der Waals surface area contributed by atoms with E-state index in [0.717, 1.165) is 5.56 Å². The zero-order valence-electron chi connectivity index (χ0n) is 13.7. The van der Waals surface area contributed by atoms with Crippen LogP contribution in [-0.4, -0.2) is 30.0 Å². The molecule has 7 heteroatoms. The van der Waals surface area contributed by atoms with Gasteiger partial charge in [0.05, 0.1) is 18.5 Å². The monoisotopic (exact) mass is 342 g/mol. The number of methoxy groups -OCH3 is 1. The fourth-order valence-corrected chi connectivity index (χ4v) is 2.40. The van der Waals surface area contributed by atoms with Crippen molar-refractivity contribution in [2.45, 2.75) is 18.9 Å². The molecule has 130 valence electrons. The summed E-state index contributed by atoms with van der Waals surface area (Å²) in [6.07, 6.45) is 0.234. The molecule has 1 N–H and O–H groups in total. The molecule has 0 heterocycles. The predicted molar refractivity (Wildman–Crippen MR) is 90.9 cm³/mol. The second-order valence-corrected chi connectivity index (χ2v) is 5.44. The molecule has 0 aliphatic carbocycles. The number of amides is 1. The number of rotatable bonds is 7. The molecular formula is C18H18N2O5. The lowest BCUT2D eigenvalue weighted by Crippen LogP contribution is -2.43. The number of nitrogens with one attached hydrogen (secondary N) is 1. The van der Waals surface area contributed by atoms with Gasteiger partial charge in [-0.2, -0.15) is 0 Å². The van der Waals surface area contributed by atoms with E-state index in [4.69, 9.17) is 4.74 Å². The van der Waals surface area contributed by atoms with E-state index >= 15 is 0 Å². The zero-order valence-corrected chi connectivity index (χ0v) is 13.7. The molecule has 0 aliphatic heterocycles. The number of ether oxygens (including phenoxy) is 1. The zero-order chi connectivity index (χ0) is 18.2. The van der Waals surface area contributed by atoms with Gasteiger partial charge in [-0.1, -0.05) is 42.5 Å². The maximum atomic E-state index is 12.2. The average molecular weight is 342 g/mol. The standard InChI is InChI=1S/C18H18N2O5/c1-25-18(22)16(11-13-6-3-2-4-7-13)19-17(21)12-14-8-5-9-15(10-14)20(23)24/h2-10,16H,11-12H2,1H3,(H,19,21)/t16-/m0/s1. The number of nitro benzene ring substituents is 1. The van der Waals surface area contributed by atoms with Crippen molar-refractivity contribution >= 4 is 17.6 Å². The van der Waals surface area contributed by atoms with Crippen molar-refractivity contribution in [1.29, 1.82) is 0 Å². The number of non-ortho nitro benzene ring substituents is 1. The van der Waals surface area contributed by atoms with Crippen molar-refractivity contribution < 1.29 is 19.2 Å². The summed E-state index contributed by atoms with van der Waals surface area (Å²) in [5, 5.41) is 13.4. The highest BCUT2D eigenvalue weighted by Crippen LogP contribution is 2.13. The van der Waals surface area contributed by atoms with Crippen molar-refractivity contribution in [3.8, 4) is 0 Å². The highest BCUT2D eigenvalue weighted by atomic mass is 16.6. The van der Waals surface area contributed by atoms with E-state index in [1.165, 1.54) is 25.3 Å². The van der Waals surface area contributed by atoms with Crippen LogP contribution in [0.25, 0.3) is 0 Å². The lowest BCUT2D eigenvalue weighted by Gasteiger charge is -2.16. The van der Waals surface area contributed by atoms with Crippen LogP contribution in [0, 0.1) is 10.1 Å². The molecule has 0 spiro atoms. The fourth-order valence-electron chi connectivity index (χ4n) is 2.40. The van der Waals surface area contributed by atoms with Crippen LogP contribution in [0.4, 0.5) is 5.69 Å². The van der Waals surface area contributed by atoms with Crippen LogP contribution in [-0.2, 0) is 27.2 Å². The first kappa shape index (κ1) is 18.1. The molecule has 2 aromatic carbocycles. The SMILES string of the molecule is COC(=O)[C@H](Cc1ccccc1)NC(=O)Cc1cccc([N+](=O)[O-])c1. The van der Waals surface area contributed by atoms with Crippen LogP contribution in [0.1, 0.15) is 11.1 Å². The van der Waals surface area contributed by atoms with Gasteiger partial charge in [0.15, 0.2) is 0 Å². The number of benzene rings is 2. The Labute approximate surface area is 144 Å². The summed E-state index contributed by atoms with van der Waals surface area (Å²) in [5.41, 5.74) is 1.29. The third-order valence-corrected chi connectivity index (χ3v) is 3.59. The van der Waals surface area contributed by atoms with Gasteiger partial charge in [-0.25, -0.2) is 4.79 Å². The van der Waals surface area contributed by atoms with Crippen molar-refractivity contribution in [2.75, 3.05) is 7.11 Å². The maximum Gasteiger partial charge on any atom is 0.328 e. The molecule has 25 heavy (non-hydrogen) atoms. The molecule has 0 saturated heterocycles. The lowest BCUT2D eigenvalue weighted by molar-refractivity contribution is -0.384. The summed E-state index contributed by atoms with van der Waals surface area (Å²) in [6, 6.07) is 14.3. The van der Waals surface area contributed by atoms with Gasteiger partial charge < -0.3 is 10.1 Å². The highest BCUT2D eigenvalue weighted by Gasteiger charge is 2.22. The summed E-state index contributed by atoms with van der Waals surface area (Å²) in [7, 11) is 1.26. The Balaban J connectivity index is 2.05. The summed E-state index contributed by atoms with van der Waals surface area (Å²) in [6.45, 7) is 0. The number of nitro groups is 1. The van der Waals surface area contributed by atoms with Gasteiger partial charge in [0.25, 0.3) is 5.69 Å². The van der Waals surface area contributed by atoms with Crippen molar-refractivity contribution in [1.82, 2.24) is 5.32 Å². The van der Waals surface area contributed by atoms with Gasteiger partial charge in [-0.3, -0.25) is 14.9 Å². The highest BCUT2D eigenvalue weighted by molar-refractivity contribution is 5.85. The molecule has 2 aromatic rings. The Morgan fingerprint density at radius 3 is 2.44 bits per heavy atom. The number of hydrogen-bond donors (Lipinski definition) is 1. The van der Waals surface area contributed by atoms with E-state index in [0.29, 0.717) is 12.0 Å². The first-order valence-corrected chi connectivity index (χ1v) is 7.64. The average Bonchev–Trinajstić information content (AvgIpc) is 2.61. The number of carbonyl (C=O) groups is 2. The molecule has 0 aliphatic rings. The number of hydrogen-bond acceptors (Lipinski definition) is 5. The summed E-state index contributed by atoms with van der Waals surface area (Å²) in [5.74, 6) is -0.955. The number of nitrogens with zero attached hydrogens (tertiary/aromatic N) is 1. The molecule has 0 saturated carbocycles. The second kappa shape index (κ2) is 8.58. The fraction of sp³-hybridized carbons (Fsp3) is 0.222. The van der Waals surface area contributed by atoms with Crippen molar-refractivity contribution in [3.63, 3.8) is 0 Å². The van der Waals surface area contributed by atoms with Gasteiger partial charge in [0.1, 0.15) is 6.04 Å². The van der Waals surface area contributed by atoms with Crippen LogP contribution in [0.5, 0.6) is 0 Å². The molecule has 0 radical (unpaired) electrons. The van der Waals surface area contributed by atoms with E-state index in [-0.39, 0.29) is 12.1 Å². The van der Waals surface area contributed by atoms with E-state index in [9.17, 15) is 19.7 Å². The van der Waals surface area contributed by atoms with Crippen molar-refractivity contribution in [3.05, 3.63) is 75.8 Å². The van der Waals surface area contributed by atoms with Crippen LogP contribution >= 0.6 is 0 Å². The minimum atomic E-state index is -0.821. The first-order valence-electron chi connectivity index (χ1n) is 7.64. The van der Waals surface area contributed by atoms with Gasteiger partial charge >= 0.3 is 5.97 Å². The van der Waals surface area contributed by atoms with Gasteiger partial charge in [0, 0.05) is 18.6 Å². The molecule has 7 nitrogen and oxygen atoms in total. The van der Waals surface area contributed by atoms with Crippen LogP contribution < -0.4 is 5.32 Å². The first-order chi connectivity index (χ1) is 12.0. The Bertz CT molecular complexity index is 761. The predicted octanol–water partition coefficient (Wildman–Crippen LogP) is 2.04. The Kier molecular flexibility index (Phi) is 6.22. The van der Waals surface area contributed by atoms with E-state index in [1.54, 1.807) is 6.07 Å².